The van der Waals surface area contributed by atoms with E-state index in [1.54, 1.807) is 30.3 Å². The van der Waals surface area contributed by atoms with Crippen LogP contribution < -0.4 is 5.32 Å². The number of hydrogen-bond donors (Lipinski definition) is 3. The summed E-state index contributed by atoms with van der Waals surface area (Å²) in [6, 6.07) is 10.5. The average molecular weight is 774 g/mol. The maximum absolute atomic E-state index is 13.6. The normalized spacial score (nSPS) is 13.3. The van der Waals surface area contributed by atoms with Crippen LogP contribution in [0.1, 0.15) is 47.0 Å². The monoisotopic (exact) mass is 770 g/mol. The van der Waals surface area contributed by atoms with E-state index in [0.29, 0.717) is 23.5 Å². The number of halogens is 4. The number of rotatable bonds is 7. The van der Waals surface area contributed by atoms with Gasteiger partial charge in [-0.2, -0.15) is 0 Å². The third kappa shape index (κ3) is 5.20. The number of carboxylic acids is 2. The van der Waals surface area contributed by atoms with Crippen molar-refractivity contribution >= 4 is 99.1 Å². The number of nitrogens with one attached hydrogen (secondary N) is 1. The Morgan fingerprint density at radius 3 is 1.68 bits per heavy atom. The number of carbonyl (C=O) groups excluding carboxylic acids is 3. The lowest BCUT2D eigenvalue weighted by molar-refractivity contribution is -0.119. The molecule has 4 rings (SSSR count). The number of carboxylic acid groups (broad SMARTS) is 2. The van der Waals surface area contributed by atoms with E-state index in [1.807, 2.05) is 0 Å². The molecule has 0 fully saturated rings. The second kappa shape index (κ2) is 11.1. The molecule has 0 bridgehead atoms. The zero-order valence-electron chi connectivity index (χ0n) is 18.8. The van der Waals surface area contributed by atoms with Gasteiger partial charge in [0.1, 0.15) is 6.04 Å². The summed E-state index contributed by atoms with van der Waals surface area (Å²) in [6.45, 7) is 0. The Hall–Kier alpha value is -2.87. The Morgan fingerprint density at radius 1 is 0.763 bits per heavy atom. The van der Waals surface area contributed by atoms with Crippen LogP contribution in [0.25, 0.3) is 0 Å². The lowest BCUT2D eigenvalue weighted by Gasteiger charge is -2.26. The molecule has 3 amide bonds. The van der Waals surface area contributed by atoms with E-state index in [2.05, 4.69) is 69.0 Å². The number of carbonyl (C=O) groups is 5. The summed E-state index contributed by atoms with van der Waals surface area (Å²) in [5, 5.41) is 21.2. The van der Waals surface area contributed by atoms with E-state index < -0.39 is 35.7 Å². The summed E-state index contributed by atoms with van der Waals surface area (Å²) in [4.78, 5) is 64.7. The molecule has 0 radical (unpaired) electrons. The molecule has 9 nitrogen and oxygen atoms in total. The SMILES string of the molecule is O=C(O)c1cc(NC(=O)[C@H](Cc2ccccc2)N2C(=O)c3c(Br)c(Br)c(Br)c(Br)c3C2=O)cc(C(=O)O)c1. The minimum absolute atomic E-state index is 0.0554. The third-order valence-corrected chi connectivity index (χ3v) is 10.5. The van der Waals surface area contributed by atoms with Crippen molar-refractivity contribution in [3.05, 3.63) is 94.2 Å². The summed E-state index contributed by atoms with van der Waals surface area (Å²) in [5.41, 5.74) is -0.0658. The molecular weight excluding hydrogens is 760 g/mol. The predicted octanol–water partition coefficient (Wildman–Crippen LogP) is 5.98. The molecule has 1 atom stereocenters. The molecule has 0 saturated carbocycles. The topological polar surface area (TPSA) is 141 Å². The van der Waals surface area contributed by atoms with Crippen molar-refractivity contribution in [2.24, 2.45) is 0 Å². The smallest absolute Gasteiger partial charge is 0.335 e. The number of amides is 3. The molecule has 38 heavy (non-hydrogen) atoms. The van der Waals surface area contributed by atoms with Crippen molar-refractivity contribution in [1.29, 1.82) is 0 Å². The Balaban J connectivity index is 1.79. The summed E-state index contributed by atoms with van der Waals surface area (Å²) >= 11 is 13.4. The van der Waals surface area contributed by atoms with Gasteiger partial charge in [-0.05, 0) is 87.5 Å². The van der Waals surface area contributed by atoms with Crippen LogP contribution >= 0.6 is 63.7 Å². The van der Waals surface area contributed by atoms with Gasteiger partial charge >= 0.3 is 11.9 Å². The van der Waals surface area contributed by atoms with Crippen molar-refractivity contribution in [2.75, 3.05) is 5.32 Å². The first-order chi connectivity index (χ1) is 17.9. The molecule has 0 aromatic heterocycles. The molecule has 0 aliphatic carbocycles. The number of benzene rings is 3. The number of nitrogens with zero attached hydrogens (tertiary/aromatic N) is 1. The minimum Gasteiger partial charge on any atom is -0.478 e. The van der Waals surface area contributed by atoms with Gasteiger partial charge in [0, 0.05) is 30.0 Å². The highest BCUT2D eigenvalue weighted by molar-refractivity contribution is 9.15. The van der Waals surface area contributed by atoms with Gasteiger partial charge < -0.3 is 15.5 Å². The Morgan fingerprint density at radius 2 is 1.24 bits per heavy atom. The Labute approximate surface area is 248 Å². The third-order valence-electron chi connectivity index (χ3n) is 5.71. The van der Waals surface area contributed by atoms with Gasteiger partial charge in [-0.15, -0.1) is 0 Å². The molecule has 3 aromatic rings. The number of aromatic carboxylic acids is 2. The summed E-state index contributed by atoms with van der Waals surface area (Å²) in [5.74, 6) is -5.03. The molecule has 0 saturated heterocycles. The molecule has 3 N–H and O–H groups in total. The number of hydrogen-bond acceptors (Lipinski definition) is 5. The lowest BCUT2D eigenvalue weighted by Crippen LogP contribution is -2.48. The van der Waals surface area contributed by atoms with E-state index >= 15 is 0 Å². The molecule has 3 aromatic carbocycles. The number of anilines is 1. The van der Waals surface area contributed by atoms with E-state index in [-0.39, 0.29) is 34.4 Å². The van der Waals surface area contributed by atoms with Crippen molar-refractivity contribution in [3.8, 4) is 0 Å². The fraction of sp³-hybridized carbons (Fsp3) is 0.0800. The van der Waals surface area contributed by atoms with Crippen LogP contribution in [0.4, 0.5) is 5.69 Å². The highest BCUT2D eigenvalue weighted by atomic mass is 79.9. The second-order valence-corrected chi connectivity index (χ2v) is 11.3. The van der Waals surface area contributed by atoms with E-state index in [1.165, 1.54) is 0 Å². The first-order valence-electron chi connectivity index (χ1n) is 10.6. The van der Waals surface area contributed by atoms with Crippen molar-refractivity contribution < 1.29 is 34.2 Å². The average Bonchev–Trinajstić information content (AvgIpc) is 3.14. The van der Waals surface area contributed by atoms with Gasteiger partial charge in [0.05, 0.1) is 22.3 Å². The quantitative estimate of drug-likeness (QED) is 0.153. The van der Waals surface area contributed by atoms with Crippen LogP contribution in [0.3, 0.4) is 0 Å². The molecule has 0 unspecified atom stereocenters. The summed E-state index contributed by atoms with van der Waals surface area (Å²) in [6.07, 6.45) is -0.0554. The van der Waals surface area contributed by atoms with Crippen LogP contribution in [0, 0.1) is 0 Å². The van der Waals surface area contributed by atoms with Gasteiger partial charge in [0.2, 0.25) is 5.91 Å². The largest absolute Gasteiger partial charge is 0.478 e. The van der Waals surface area contributed by atoms with Gasteiger partial charge in [0.25, 0.3) is 11.8 Å². The Kier molecular flexibility index (Phi) is 8.21. The molecule has 0 spiro atoms. The van der Waals surface area contributed by atoms with Crippen molar-refractivity contribution in [1.82, 2.24) is 4.90 Å². The van der Waals surface area contributed by atoms with Crippen LogP contribution in [0.2, 0.25) is 0 Å². The predicted molar refractivity (Wildman–Crippen MR) is 151 cm³/mol. The zero-order chi connectivity index (χ0) is 27.9. The highest BCUT2D eigenvalue weighted by Gasteiger charge is 2.46. The second-order valence-electron chi connectivity index (χ2n) is 8.09. The van der Waals surface area contributed by atoms with E-state index in [9.17, 15) is 34.2 Å². The van der Waals surface area contributed by atoms with E-state index in [4.69, 9.17) is 0 Å². The molecule has 1 heterocycles. The van der Waals surface area contributed by atoms with Crippen LogP contribution in [-0.2, 0) is 11.2 Å². The minimum atomic E-state index is -1.39. The first kappa shape index (κ1) is 28.1. The lowest BCUT2D eigenvalue weighted by atomic mass is 10.0. The molecule has 13 heteroatoms. The Bertz CT molecular complexity index is 1460. The van der Waals surface area contributed by atoms with Crippen molar-refractivity contribution in [3.63, 3.8) is 0 Å². The maximum atomic E-state index is 13.6. The molecule has 1 aliphatic rings. The molecular formula is C25H14Br4N2O7. The van der Waals surface area contributed by atoms with Crippen LogP contribution in [-0.4, -0.2) is 50.8 Å². The van der Waals surface area contributed by atoms with Crippen molar-refractivity contribution in [2.45, 2.75) is 12.5 Å². The van der Waals surface area contributed by atoms with Gasteiger partial charge in [0.15, 0.2) is 0 Å². The highest BCUT2D eigenvalue weighted by Crippen LogP contribution is 2.45. The maximum Gasteiger partial charge on any atom is 0.335 e. The fourth-order valence-electron chi connectivity index (χ4n) is 3.96. The molecule has 1 aliphatic heterocycles. The van der Waals surface area contributed by atoms with Crippen LogP contribution in [0.5, 0.6) is 0 Å². The van der Waals surface area contributed by atoms with Gasteiger partial charge in [-0.1, -0.05) is 30.3 Å². The number of fused-ring (bicyclic) bond motifs is 1. The van der Waals surface area contributed by atoms with Gasteiger partial charge in [-0.25, -0.2) is 9.59 Å². The number of imide groups is 1. The van der Waals surface area contributed by atoms with Gasteiger partial charge in [-0.3, -0.25) is 19.3 Å². The fourth-order valence-corrected chi connectivity index (χ4v) is 6.42. The zero-order valence-corrected chi connectivity index (χ0v) is 25.1. The van der Waals surface area contributed by atoms with Crippen LogP contribution in [0.15, 0.2) is 66.4 Å². The first-order valence-corrected chi connectivity index (χ1v) is 13.8. The summed E-state index contributed by atoms with van der Waals surface area (Å²) < 4.78 is 1.62. The van der Waals surface area contributed by atoms with E-state index in [0.717, 1.165) is 23.1 Å². The standard InChI is InChI=1S/C25H14Br4N2O7/c26-17-15-16(18(27)20(29)19(17)28)23(34)31(22(15)33)14(6-10-4-2-1-3-5-10)21(32)30-13-8-11(24(35)36)7-12(9-13)25(37)38/h1-5,7-9,14H,6H2,(H,30,32)(H,35,36)(H,37,38)/t14-/m0/s1. The molecule has 194 valence electrons. The summed E-state index contributed by atoms with van der Waals surface area (Å²) in [7, 11) is 0.